The van der Waals surface area contributed by atoms with E-state index < -0.39 is 0 Å². The van der Waals surface area contributed by atoms with Gasteiger partial charge in [0.15, 0.2) is 0 Å². The van der Waals surface area contributed by atoms with Crippen LogP contribution in [0.2, 0.25) is 0 Å². The summed E-state index contributed by atoms with van der Waals surface area (Å²) in [5, 5.41) is 8.06. The highest BCUT2D eigenvalue weighted by Crippen LogP contribution is 2.03. The minimum atomic E-state index is 0.706. The van der Waals surface area contributed by atoms with Crippen molar-refractivity contribution in [2.24, 2.45) is 10.2 Å². The Balaban J connectivity index is 1.66. The average molecular weight is 252 g/mol. The van der Waals surface area contributed by atoms with Crippen molar-refractivity contribution < 1.29 is 0 Å². The molecule has 0 saturated heterocycles. The van der Waals surface area contributed by atoms with Crippen LogP contribution in [-0.2, 0) is 6.54 Å². The molecule has 0 aliphatic rings. The van der Waals surface area contributed by atoms with Crippen molar-refractivity contribution in [3.8, 4) is 0 Å². The summed E-state index contributed by atoms with van der Waals surface area (Å²) in [6.45, 7) is 0.706. The highest BCUT2D eigenvalue weighted by atomic mass is 15.3. The van der Waals surface area contributed by atoms with Crippen molar-refractivity contribution in [1.29, 1.82) is 0 Å². The molecule has 19 heavy (non-hydrogen) atoms. The lowest BCUT2D eigenvalue weighted by atomic mass is 10.2. The third-order valence-corrected chi connectivity index (χ3v) is 2.40. The maximum Gasteiger partial charge on any atom is 0.0673 e. The smallest absolute Gasteiger partial charge is 0.0673 e. The molecule has 0 aliphatic heterocycles. The normalized spacial score (nSPS) is 10.9. The molecule has 2 aromatic rings. The van der Waals surface area contributed by atoms with E-state index in [1.165, 1.54) is 5.56 Å². The predicted molar refractivity (Wildman–Crippen MR) is 80.3 cm³/mol. The molecule has 0 heterocycles. The standard InChI is InChI=1S/C15H16N4/c1-3-7-14(8-4-1)13-18-16-11-12-17-19-15-9-5-2-6-10-15/h1-12,18-19H,13H2. The molecule has 0 amide bonds. The second-order valence-corrected chi connectivity index (χ2v) is 3.85. The number of anilines is 1. The van der Waals surface area contributed by atoms with E-state index in [1.807, 2.05) is 60.7 Å². The molecule has 0 atom stereocenters. The quantitative estimate of drug-likeness (QED) is 0.613. The number of nitrogens with zero attached hydrogens (tertiary/aromatic N) is 2. The van der Waals surface area contributed by atoms with Crippen LogP contribution in [0.5, 0.6) is 0 Å². The molecule has 96 valence electrons. The van der Waals surface area contributed by atoms with E-state index in [0.717, 1.165) is 5.69 Å². The van der Waals surface area contributed by atoms with Gasteiger partial charge in [-0.25, -0.2) is 0 Å². The number of hydrogen-bond donors (Lipinski definition) is 2. The molecule has 4 heteroatoms. The molecule has 2 N–H and O–H groups in total. The predicted octanol–water partition coefficient (Wildman–Crippen LogP) is 2.86. The number of nitrogens with one attached hydrogen (secondary N) is 2. The molecule has 0 saturated carbocycles. The molecule has 0 unspecified atom stereocenters. The monoisotopic (exact) mass is 252 g/mol. The van der Waals surface area contributed by atoms with Crippen LogP contribution >= 0.6 is 0 Å². The Morgan fingerprint density at radius 1 is 0.789 bits per heavy atom. The van der Waals surface area contributed by atoms with Gasteiger partial charge in [-0.15, -0.1) is 0 Å². The Hall–Kier alpha value is -2.62. The zero-order chi connectivity index (χ0) is 13.2. The lowest BCUT2D eigenvalue weighted by Gasteiger charge is -1.99. The molecule has 2 rings (SSSR count). The number of benzene rings is 2. The zero-order valence-electron chi connectivity index (χ0n) is 10.5. The van der Waals surface area contributed by atoms with Gasteiger partial charge < -0.3 is 5.43 Å². The van der Waals surface area contributed by atoms with Gasteiger partial charge in [0.25, 0.3) is 0 Å². The molecule has 0 bridgehead atoms. The summed E-state index contributed by atoms with van der Waals surface area (Å²) in [6.07, 6.45) is 3.21. The molecule has 2 aromatic carbocycles. The van der Waals surface area contributed by atoms with Gasteiger partial charge in [0.05, 0.1) is 24.7 Å². The summed E-state index contributed by atoms with van der Waals surface area (Å²) in [7, 11) is 0. The fraction of sp³-hybridized carbons (Fsp3) is 0.0667. The second kappa shape index (κ2) is 7.66. The molecular weight excluding hydrogens is 236 g/mol. The lowest BCUT2D eigenvalue weighted by molar-refractivity contribution is 0.749. The van der Waals surface area contributed by atoms with E-state index in [2.05, 4.69) is 21.1 Å². The highest BCUT2D eigenvalue weighted by Gasteiger charge is 1.86. The van der Waals surface area contributed by atoms with Crippen LogP contribution in [0.15, 0.2) is 70.9 Å². The number of hydrogen-bond acceptors (Lipinski definition) is 4. The van der Waals surface area contributed by atoms with E-state index in [4.69, 9.17) is 0 Å². The van der Waals surface area contributed by atoms with Gasteiger partial charge in [0.2, 0.25) is 0 Å². The third-order valence-electron chi connectivity index (χ3n) is 2.40. The van der Waals surface area contributed by atoms with Crippen LogP contribution in [0.4, 0.5) is 5.69 Å². The molecule has 0 fully saturated rings. The van der Waals surface area contributed by atoms with Gasteiger partial charge in [-0.1, -0.05) is 48.5 Å². The molecule has 0 radical (unpaired) electrons. The zero-order valence-corrected chi connectivity index (χ0v) is 10.5. The van der Waals surface area contributed by atoms with Gasteiger partial charge in [-0.05, 0) is 17.7 Å². The first kappa shape index (κ1) is 12.8. The largest absolute Gasteiger partial charge is 0.306 e. The van der Waals surface area contributed by atoms with E-state index in [1.54, 1.807) is 12.4 Å². The first-order valence-electron chi connectivity index (χ1n) is 6.08. The maximum absolute atomic E-state index is 4.03. The van der Waals surface area contributed by atoms with Gasteiger partial charge in [-0.3, -0.25) is 5.43 Å². The third kappa shape index (κ3) is 5.04. The Bertz CT molecular complexity index is 520. The van der Waals surface area contributed by atoms with Crippen LogP contribution in [0, 0.1) is 0 Å². The summed E-state index contributed by atoms with van der Waals surface area (Å²) >= 11 is 0. The van der Waals surface area contributed by atoms with E-state index in [-0.39, 0.29) is 0 Å². The molecular formula is C15H16N4. The van der Waals surface area contributed by atoms with Crippen LogP contribution in [0.3, 0.4) is 0 Å². The van der Waals surface area contributed by atoms with Crippen LogP contribution in [0.1, 0.15) is 5.56 Å². The summed E-state index contributed by atoms with van der Waals surface area (Å²) < 4.78 is 0. The lowest BCUT2D eigenvalue weighted by Crippen LogP contribution is -2.05. The summed E-state index contributed by atoms with van der Waals surface area (Å²) in [6, 6.07) is 19.9. The summed E-state index contributed by atoms with van der Waals surface area (Å²) in [4.78, 5) is 0. The van der Waals surface area contributed by atoms with E-state index in [0.29, 0.717) is 6.54 Å². The molecule has 4 nitrogen and oxygen atoms in total. The average Bonchev–Trinajstić information content (AvgIpc) is 2.48. The second-order valence-electron chi connectivity index (χ2n) is 3.85. The van der Waals surface area contributed by atoms with Crippen molar-refractivity contribution in [1.82, 2.24) is 5.43 Å². The van der Waals surface area contributed by atoms with Gasteiger partial charge in [0.1, 0.15) is 0 Å². The fourth-order valence-corrected chi connectivity index (χ4v) is 1.48. The maximum atomic E-state index is 4.03. The van der Waals surface area contributed by atoms with Crippen molar-refractivity contribution in [2.75, 3.05) is 5.43 Å². The van der Waals surface area contributed by atoms with Crippen LogP contribution in [-0.4, -0.2) is 12.4 Å². The topological polar surface area (TPSA) is 48.8 Å². The first-order chi connectivity index (χ1) is 9.45. The number of para-hydroxylation sites is 1. The summed E-state index contributed by atoms with van der Waals surface area (Å²) in [5.41, 5.74) is 8.00. The fourth-order valence-electron chi connectivity index (χ4n) is 1.48. The van der Waals surface area contributed by atoms with Crippen molar-refractivity contribution in [3.63, 3.8) is 0 Å². The van der Waals surface area contributed by atoms with E-state index in [9.17, 15) is 0 Å². The van der Waals surface area contributed by atoms with Crippen molar-refractivity contribution in [3.05, 3.63) is 66.2 Å². The SMILES string of the molecule is C(C=NNc1ccccc1)=NNCc1ccccc1. The van der Waals surface area contributed by atoms with Crippen molar-refractivity contribution >= 4 is 18.1 Å². The highest BCUT2D eigenvalue weighted by molar-refractivity contribution is 6.16. The minimum absolute atomic E-state index is 0.706. The van der Waals surface area contributed by atoms with Gasteiger partial charge >= 0.3 is 0 Å². The summed E-state index contributed by atoms with van der Waals surface area (Å²) in [5.74, 6) is 0. The Labute approximate surface area is 112 Å². The minimum Gasteiger partial charge on any atom is -0.306 e. The molecule has 0 aliphatic carbocycles. The first-order valence-corrected chi connectivity index (χ1v) is 6.08. The Morgan fingerprint density at radius 3 is 2.16 bits per heavy atom. The molecule has 0 spiro atoms. The van der Waals surface area contributed by atoms with Crippen LogP contribution < -0.4 is 10.9 Å². The van der Waals surface area contributed by atoms with Gasteiger partial charge in [0, 0.05) is 0 Å². The van der Waals surface area contributed by atoms with Crippen LogP contribution in [0.25, 0.3) is 0 Å². The molecule has 0 aromatic heterocycles. The number of rotatable bonds is 6. The number of hydrazone groups is 2. The Morgan fingerprint density at radius 2 is 1.42 bits per heavy atom. The Kier molecular flexibility index (Phi) is 5.17. The van der Waals surface area contributed by atoms with E-state index >= 15 is 0 Å². The van der Waals surface area contributed by atoms with Gasteiger partial charge in [-0.2, -0.15) is 10.2 Å². The van der Waals surface area contributed by atoms with Crippen molar-refractivity contribution in [2.45, 2.75) is 6.54 Å².